The minimum atomic E-state index is -0.359. The number of hydrogen-bond acceptors (Lipinski definition) is 15. The van der Waals surface area contributed by atoms with Gasteiger partial charge in [-0.3, -0.25) is 0 Å². The van der Waals surface area contributed by atoms with E-state index in [0.29, 0.717) is 46.7 Å². The largest absolute Gasteiger partial charge is 0.465 e. The summed E-state index contributed by atoms with van der Waals surface area (Å²) >= 11 is 0. The molecule has 18 nitrogen and oxygen atoms in total. The fourth-order valence-corrected chi connectivity index (χ4v) is 5.40. The number of rotatable bonds is 10. The van der Waals surface area contributed by atoms with Crippen molar-refractivity contribution in [3.63, 3.8) is 0 Å². The SMILES string of the molecule is COC(=O)c1ccc(-c2nnnn2C)cc1.Cc1cccc(COC(=O)c2ccc(-c3nnnn3C)cc2)c1.Cn1nnnc1-c1ccc(C(=O)OCC2CC2)cc1. The van der Waals surface area contributed by atoms with Crippen molar-refractivity contribution in [1.82, 2.24) is 60.6 Å². The van der Waals surface area contributed by atoms with Crippen LogP contribution in [-0.2, 0) is 42.0 Å². The molecule has 58 heavy (non-hydrogen) atoms. The molecule has 7 aromatic rings. The quantitative estimate of drug-likeness (QED) is 0.137. The van der Waals surface area contributed by atoms with Gasteiger partial charge in [0.25, 0.3) is 0 Å². The lowest BCUT2D eigenvalue weighted by atomic mass is 10.1. The third-order valence-electron chi connectivity index (χ3n) is 8.78. The highest BCUT2D eigenvalue weighted by Crippen LogP contribution is 2.29. The number of benzene rings is 4. The molecule has 3 aromatic heterocycles. The molecule has 3 heterocycles. The van der Waals surface area contributed by atoms with Crippen LogP contribution in [0.2, 0.25) is 0 Å². The van der Waals surface area contributed by atoms with E-state index in [-0.39, 0.29) is 24.5 Å². The Bertz CT molecular complexity index is 2460. The molecule has 0 saturated heterocycles. The van der Waals surface area contributed by atoms with Gasteiger partial charge in [-0.05, 0) is 98.9 Å². The molecule has 0 bridgehead atoms. The number of nitrogens with zero attached hydrogens (tertiary/aromatic N) is 12. The Labute approximate surface area is 332 Å². The van der Waals surface area contributed by atoms with Gasteiger partial charge in [-0.25, -0.2) is 28.4 Å². The van der Waals surface area contributed by atoms with E-state index < -0.39 is 0 Å². The monoisotopic (exact) mass is 784 g/mol. The van der Waals surface area contributed by atoms with Crippen molar-refractivity contribution in [2.45, 2.75) is 26.4 Å². The van der Waals surface area contributed by atoms with Gasteiger partial charge in [0.2, 0.25) is 0 Å². The molecule has 0 spiro atoms. The van der Waals surface area contributed by atoms with Gasteiger partial charge < -0.3 is 14.2 Å². The molecule has 0 amide bonds. The molecule has 1 saturated carbocycles. The third-order valence-corrected chi connectivity index (χ3v) is 8.78. The molecule has 0 N–H and O–H groups in total. The average Bonchev–Trinajstić information content (AvgIpc) is 3.55. The van der Waals surface area contributed by atoms with E-state index in [4.69, 9.17) is 9.47 Å². The summed E-state index contributed by atoms with van der Waals surface area (Å²) in [5.41, 5.74) is 6.22. The van der Waals surface area contributed by atoms with Crippen LogP contribution in [0.4, 0.5) is 0 Å². The minimum absolute atomic E-state index is 0.259. The maximum Gasteiger partial charge on any atom is 0.338 e. The van der Waals surface area contributed by atoms with Crippen LogP contribution in [0.25, 0.3) is 34.2 Å². The van der Waals surface area contributed by atoms with Crippen molar-refractivity contribution in [3.8, 4) is 34.2 Å². The number of aromatic nitrogens is 12. The van der Waals surface area contributed by atoms with Crippen LogP contribution in [-0.4, -0.2) is 92.2 Å². The molecule has 0 unspecified atom stereocenters. The first-order chi connectivity index (χ1) is 28.1. The smallest absolute Gasteiger partial charge is 0.338 e. The first-order valence-electron chi connectivity index (χ1n) is 18.1. The molecule has 8 rings (SSSR count). The van der Waals surface area contributed by atoms with Crippen molar-refractivity contribution in [2.24, 2.45) is 27.1 Å². The standard InChI is InChI=1S/C17H16N4O2.C13H14N4O2.C10H10N4O2/c1-12-4-3-5-13(10-12)11-23-17(22)15-8-6-14(7-9-15)16-18-19-20-21(16)2;1-17-12(14-15-16-17)10-4-6-11(7-5-10)13(18)19-8-9-2-3-9;1-14-9(11-12-13-14)7-3-5-8(6-4-7)10(15)16-2/h3-10H,11H2,1-2H3;4-7,9H,2-3,8H2,1H3;3-6H,1-2H3. The molecule has 0 aliphatic heterocycles. The molecular weight excluding hydrogens is 745 g/mol. The number of esters is 3. The van der Waals surface area contributed by atoms with E-state index in [9.17, 15) is 14.4 Å². The summed E-state index contributed by atoms with van der Waals surface area (Å²) in [5, 5.41) is 33.7. The van der Waals surface area contributed by atoms with Crippen molar-refractivity contribution >= 4 is 17.9 Å². The van der Waals surface area contributed by atoms with Gasteiger partial charge in [-0.15, -0.1) is 15.3 Å². The van der Waals surface area contributed by atoms with E-state index >= 15 is 0 Å². The normalized spacial score (nSPS) is 11.7. The predicted octanol–water partition coefficient (Wildman–Crippen LogP) is 4.65. The Morgan fingerprint density at radius 2 is 1.00 bits per heavy atom. The maximum absolute atomic E-state index is 12.1. The van der Waals surface area contributed by atoms with E-state index in [0.717, 1.165) is 27.8 Å². The van der Waals surface area contributed by atoms with Gasteiger partial charge in [-0.2, -0.15) is 0 Å². The Hall–Kier alpha value is -7.50. The summed E-state index contributed by atoms with van der Waals surface area (Å²) in [6.45, 7) is 2.80. The Morgan fingerprint density at radius 3 is 1.36 bits per heavy atom. The zero-order chi connectivity index (χ0) is 41.0. The molecule has 4 aromatic carbocycles. The van der Waals surface area contributed by atoms with E-state index in [1.54, 1.807) is 95.9 Å². The van der Waals surface area contributed by atoms with Crippen LogP contribution >= 0.6 is 0 Å². The number of hydrogen-bond donors (Lipinski definition) is 0. The first-order valence-corrected chi connectivity index (χ1v) is 18.1. The molecule has 1 fully saturated rings. The number of carbonyl (C=O) groups excluding carboxylic acids is 3. The lowest BCUT2D eigenvalue weighted by molar-refractivity contribution is 0.0468. The molecule has 18 heteroatoms. The fraction of sp³-hybridized carbons (Fsp3) is 0.250. The van der Waals surface area contributed by atoms with Gasteiger partial charge in [0.15, 0.2) is 17.5 Å². The Morgan fingerprint density at radius 1 is 0.586 bits per heavy atom. The first kappa shape index (κ1) is 40.2. The molecule has 1 aliphatic rings. The van der Waals surface area contributed by atoms with E-state index in [1.165, 1.54) is 20.0 Å². The molecule has 1 aliphatic carbocycles. The Balaban J connectivity index is 0.000000149. The highest BCUT2D eigenvalue weighted by atomic mass is 16.5. The number of aryl methyl sites for hydroxylation is 4. The summed E-state index contributed by atoms with van der Waals surface area (Å²) < 4.78 is 19.9. The number of carbonyl (C=O) groups is 3. The zero-order valence-electron chi connectivity index (χ0n) is 32.5. The van der Waals surface area contributed by atoms with E-state index in [1.807, 2.05) is 43.3 Å². The van der Waals surface area contributed by atoms with Crippen LogP contribution in [0.5, 0.6) is 0 Å². The van der Waals surface area contributed by atoms with Crippen LogP contribution in [0.3, 0.4) is 0 Å². The van der Waals surface area contributed by atoms with Crippen LogP contribution in [0.15, 0.2) is 97.1 Å². The second-order valence-corrected chi connectivity index (χ2v) is 13.2. The van der Waals surface area contributed by atoms with Crippen LogP contribution < -0.4 is 0 Å². The molecule has 0 atom stereocenters. The molecule has 0 radical (unpaired) electrons. The van der Waals surface area contributed by atoms with Crippen molar-refractivity contribution in [3.05, 3.63) is 125 Å². The molecule has 296 valence electrons. The van der Waals surface area contributed by atoms with Gasteiger partial charge >= 0.3 is 17.9 Å². The summed E-state index contributed by atoms with van der Waals surface area (Å²) in [5.74, 6) is 1.55. The number of methoxy groups -OCH3 is 1. The topological polar surface area (TPSA) is 210 Å². The lowest BCUT2D eigenvalue weighted by Crippen LogP contribution is -2.07. The van der Waals surface area contributed by atoms with E-state index in [2.05, 4.69) is 51.3 Å². The van der Waals surface area contributed by atoms with Gasteiger partial charge in [0.05, 0.1) is 30.4 Å². The fourth-order valence-electron chi connectivity index (χ4n) is 5.40. The number of ether oxygens (including phenoxy) is 3. The summed E-state index contributed by atoms with van der Waals surface area (Å²) in [7, 11) is 6.64. The summed E-state index contributed by atoms with van der Waals surface area (Å²) in [4.78, 5) is 35.1. The van der Waals surface area contributed by atoms with Crippen molar-refractivity contribution in [2.75, 3.05) is 13.7 Å². The van der Waals surface area contributed by atoms with Crippen LogP contribution in [0, 0.1) is 12.8 Å². The highest BCUT2D eigenvalue weighted by Gasteiger charge is 2.23. The van der Waals surface area contributed by atoms with Crippen LogP contribution in [0.1, 0.15) is 55.0 Å². The summed E-state index contributed by atoms with van der Waals surface area (Å²) in [6.07, 6.45) is 2.34. The summed E-state index contributed by atoms with van der Waals surface area (Å²) in [6, 6.07) is 28.9. The van der Waals surface area contributed by atoms with Crippen molar-refractivity contribution in [1.29, 1.82) is 0 Å². The average molecular weight is 785 g/mol. The van der Waals surface area contributed by atoms with Gasteiger partial charge in [-0.1, -0.05) is 66.2 Å². The lowest BCUT2D eigenvalue weighted by Gasteiger charge is -2.06. The molecular formula is C40H40N12O6. The maximum atomic E-state index is 12.1. The third kappa shape index (κ3) is 10.6. The Kier molecular flexibility index (Phi) is 13.1. The van der Waals surface area contributed by atoms with Gasteiger partial charge in [0.1, 0.15) is 6.61 Å². The van der Waals surface area contributed by atoms with Gasteiger partial charge in [0, 0.05) is 37.8 Å². The number of tetrazole rings is 3. The van der Waals surface area contributed by atoms with Crippen molar-refractivity contribution < 1.29 is 28.6 Å². The second kappa shape index (κ2) is 18.9. The zero-order valence-corrected chi connectivity index (χ0v) is 32.5. The minimum Gasteiger partial charge on any atom is -0.465 e. The predicted molar refractivity (Wildman–Crippen MR) is 207 cm³/mol. The second-order valence-electron chi connectivity index (χ2n) is 13.2. The highest BCUT2D eigenvalue weighted by molar-refractivity contribution is 5.91.